The summed E-state index contributed by atoms with van der Waals surface area (Å²) in [6, 6.07) is 7.48. The van der Waals surface area contributed by atoms with Crippen molar-refractivity contribution in [2.24, 2.45) is 0 Å². The monoisotopic (exact) mass is 151 g/mol. The van der Waals surface area contributed by atoms with Crippen molar-refractivity contribution in [2.45, 2.75) is 26.2 Å². The zero-order chi connectivity index (χ0) is 8.48. The molecule has 0 atom stereocenters. The van der Waals surface area contributed by atoms with Gasteiger partial charge in [0.15, 0.2) is 0 Å². The van der Waals surface area contributed by atoms with E-state index in [4.69, 9.17) is 0 Å². The molecule has 0 spiro atoms. The van der Waals surface area contributed by atoms with Crippen LogP contribution in [0.25, 0.3) is 0 Å². The fourth-order valence-electron chi connectivity index (χ4n) is 0.876. The third kappa shape index (κ3) is 2.04. The highest BCUT2D eigenvalue weighted by atomic mass is 19.1. The van der Waals surface area contributed by atoms with Gasteiger partial charge in [0.05, 0.1) is 0 Å². The minimum absolute atomic E-state index is 0.0125. The molecular weight excluding hydrogens is 139 g/mol. The van der Waals surface area contributed by atoms with Crippen molar-refractivity contribution < 1.29 is 4.39 Å². The van der Waals surface area contributed by atoms with Gasteiger partial charge in [-0.15, -0.1) is 0 Å². The average Bonchev–Trinajstić information content (AvgIpc) is 1.86. The first kappa shape index (κ1) is 8.25. The van der Waals surface area contributed by atoms with Gasteiger partial charge in [-0.25, -0.2) is 4.39 Å². The van der Waals surface area contributed by atoms with E-state index in [2.05, 4.69) is 26.8 Å². The minimum atomic E-state index is -0.211. The lowest BCUT2D eigenvalue weighted by Gasteiger charge is -2.18. The quantitative estimate of drug-likeness (QED) is 0.534. The van der Waals surface area contributed by atoms with E-state index in [9.17, 15) is 4.39 Å². The highest BCUT2D eigenvalue weighted by Crippen LogP contribution is 2.21. The molecule has 1 aromatic rings. The fraction of sp³-hybridized carbons (Fsp3) is 0.400. The molecule has 1 aromatic carbocycles. The van der Waals surface area contributed by atoms with Crippen LogP contribution in [-0.2, 0) is 5.41 Å². The molecule has 0 aliphatic rings. The Morgan fingerprint density at radius 1 is 1.27 bits per heavy atom. The second kappa shape index (κ2) is 2.65. The zero-order valence-corrected chi connectivity index (χ0v) is 7.11. The smallest absolute Gasteiger partial charge is 0.124 e. The summed E-state index contributed by atoms with van der Waals surface area (Å²) in [6.07, 6.45) is 0. The van der Waals surface area contributed by atoms with Crippen molar-refractivity contribution in [3.05, 3.63) is 35.6 Å². The average molecular weight is 151 g/mol. The Morgan fingerprint density at radius 3 is 2.27 bits per heavy atom. The summed E-state index contributed by atoms with van der Waals surface area (Å²) in [6.45, 7) is 6.15. The maximum absolute atomic E-state index is 12.7. The molecule has 1 heteroatoms. The number of halogens is 1. The Kier molecular flexibility index (Phi) is 1.99. The van der Waals surface area contributed by atoms with Gasteiger partial charge in [-0.05, 0) is 29.2 Å². The molecule has 11 heavy (non-hydrogen) atoms. The number of benzene rings is 1. The minimum Gasteiger partial charge on any atom is -0.207 e. The van der Waals surface area contributed by atoms with Gasteiger partial charge >= 0.3 is 0 Å². The van der Waals surface area contributed by atoms with E-state index in [1.54, 1.807) is 6.07 Å². The summed E-state index contributed by atoms with van der Waals surface area (Å²) in [5.74, 6) is -0.211. The lowest BCUT2D eigenvalue weighted by molar-refractivity contribution is 0.572. The van der Waals surface area contributed by atoms with Crippen LogP contribution in [0, 0.1) is 11.9 Å². The van der Waals surface area contributed by atoms with Gasteiger partial charge in [0.25, 0.3) is 0 Å². The van der Waals surface area contributed by atoms with Gasteiger partial charge in [0.1, 0.15) is 5.82 Å². The zero-order valence-electron chi connectivity index (χ0n) is 7.11. The third-order valence-corrected chi connectivity index (χ3v) is 1.62. The normalized spacial score (nSPS) is 11.6. The standard InChI is InChI=1S/C10H12F/c1-10(2,3)8-5-4-6-9(11)7-8/h5-7H,1-3H3. The van der Waals surface area contributed by atoms with Crippen LogP contribution in [0.15, 0.2) is 18.2 Å². The van der Waals surface area contributed by atoms with Crippen molar-refractivity contribution >= 4 is 0 Å². The van der Waals surface area contributed by atoms with Crippen LogP contribution in [0.3, 0.4) is 0 Å². The molecule has 0 N–H and O–H groups in total. The number of hydrogen-bond acceptors (Lipinski definition) is 0. The molecule has 0 amide bonds. The van der Waals surface area contributed by atoms with Gasteiger partial charge in [0.2, 0.25) is 0 Å². The highest BCUT2D eigenvalue weighted by Gasteiger charge is 2.13. The predicted octanol–water partition coefficient (Wildman–Crippen LogP) is 2.92. The molecule has 0 aliphatic carbocycles. The summed E-state index contributed by atoms with van der Waals surface area (Å²) in [5.41, 5.74) is 0.996. The van der Waals surface area contributed by atoms with Gasteiger partial charge in [0, 0.05) is 0 Å². The van der Waals surface area contributed by atoms with Crippen molar-refractivity contribution in [1.29, 1.82) is 0 Å². The van der Waals surface area contributed by atoms with E-state index in [-0.39, 0.29) is 11.2 Å². The molecular formula is C10H12F. The SMILES string of the molecule is CC(C)(C)c1c[c]cc(F)c1. The Bertz CT molecular complexity index is 245. The lowest BCUT2D eigenvalue weighted by atomic mass is 9.87. The Labute approximate surface area is 67.1 Å². The summed E-state index contributed by atoms with van der Waals surface area (Å²) in [7, 11) is 0. The van der Waals surface area contributed by atoms with Gasteiger partial charge in [-0.2, -0.15) is 0 Å². The van der Waals surface area contributed by atoms with Gasteiger partial charge < -0.3 is 0 Å². The first-order valence-electron chi connectivity index (χ1n) is 3.67. The lowest BCUT2D eigenvalue weighted by Crippen LogP contribution is -2.10. The van der Waals surface area contributed by atoms with Crippen LogP contribution in [0.5, 0.6) is 0 Å². The molecule has 0 fully saturated rings. The molecule has 1 radical (unpaired) electrons. The molecule has 1 rings (SSSR count). The summed E-state index contributed by atoms with van der Waals surface area (Å²) >= 11 is 0. The van der Waals surface area contributed by atoms with Crippen LogP contribution in [0.1, 0.15) is 26.3 Å². The maximum Gasteiger partial charge on any atom is 0.124 e. The molecule has 0 aliphatic heterocycles. The van der Waals surface area contributed by atoms with Crippen molar-refractivity contribution in [1.82, 2.24) is 0 Å². The first-order chi connectivity index (χ1) is 5.00. The van der Waals surface area contributed by atoms with E-state index >= 15 is 0 Å². The maximum atomic E-state index is 12.7. The molecule has 0 unspecified atom stereocenters. The molecule has 0 aromatic heterocycles. The number of hydrogen-bond donors (Lipinski definition) is 0. The van der Waals surface area contributed by atoms with Crippen LogP contribution >= 0.6 is 0 Å². The van der Waals surface area contributed by atoms with Gasteiger partial charge in [-0.3, -0.25) is 0 Å². The van der Waals surface area contributed by atoms with Gasteiger partial charge in [-0.1, -0.05) is 26.8 Å². The molecule has 0 bridgehead atoms. The Balaban J connectivity index is 3.06. The Hall–Kier alpha value is -0.850. The van der Waals surface area contributed by atoms with Crippen molar-refractivity contribution in [3.8, 4) is 0 Å². The van der Waals surface area contributed by atoms with Crippen LogP contribution in [-0.4, -0.2) is 0 Å². The molecule has 0 saturated heterocycles. The first-order valence-corrected chi connectivity index (χ1v) is 3.67. The van der Waals surface area contributed by atoms with Crippen LogP contribution in [0.2, 0.25) is 0 Å². The molecule has 0 nitrogen and oxygen atoms in total. The number of rotatable bonds is 0. The predicted molar refractivity (Wildman–Crippen MR) is 43.9 cm³/mol. The molecule has 0 heterocycles. The largest absolute Gasteiger partial charge is 0.207 e. The summed E-state index contributed by atoms with van der Waals surface area (Å²) < 4.78 is 12.7. The molecule has 0 saturated carbocycles. The topological polar surface area (TPSA) is 0 Å². The van der Waals surface area contributed by atoms with Crippen molar-refractivity contribution in [2.75, 3.05) is 0 Å². The van der Waals surface area contributed by atoms with E-state index in [0.717, 1.165) is 5.56 Å². The fourth-order valence-corrected chi connectivity index (χ4v) is 0.876. The van der Waals surface area contributed by atoms with E-state index < -0.39 is 0 Å². The third-order valence-electron chi connectivity index (χ3n) is 1.62. The summed E-state index contributed by atoms with van der Waals surface area (Å²) in [4.78, 5) is 0. The van der Waals surface area contributed by atoms with Crippen LogP contribution in [0.4, 0.5) is 4.39 Å². The highest BCUT2D eigenvalue weighted by molar-refractivity contribution is 5.22. The second-order valence-electron chi connectivity index (χ2n) is 3.69. The Morgan fingerprint density at radius 2 is 1.91 bits per heavy atom. The summed E-state index contributed by atoms with van der Waals surface area (Å²) in [5, 5.41) is 0. The van der Waals surface area contributed by atoms with E-state index in [1.165, 1.54) is 6.07 Å². The van der Waals surface area contributed by atoms with E-state index in [1.807, 2.05) is 6.07 Å². The van der Waals surface area contributed by atoms with E-state index in [0.29, 0.717) is 0 Å². The van der Waals surface area contributed by atoms with Crippen molar-refractivity contribution in [3.63, 3.8) is 0 Å². The second-order valence-corrected chi connectivity index (χ2v) is 3.69. The molecule has 59 valence electrons. The van der Waals surface area contributed by atoms with Crippen LogP contribution < -0.4 is 0 Å².